The van der Waals surface area contributed by atoms with Crippen LogP contribution in [-0.2, 0) is 14.4 Å². The molecule has 0 bridgehead atoms. The highest BCUT2D eigenvalue weighted by Crippen LogP contribution is 2.65. The summed E-state index contributed by atoms with van der Waals surface area (Å²) in [6.45, 7) is 13.8. The van der Waals surface area contributed by atoms with E-state index in [1.54, 1.807) is 6.92 Å². The molecule has 0 radical (unpaired) electrons. The first kappa shape index (κ1) is 26.3. The van der Waals surface area contributed by atoms with E-state index in [2.05, 4.69) is 20.4 Å². The maximum atomic E-state index is 13.9. The average molecular weight is 487 g/mol. The molecule has 0 amide bonds. The van der Waals surface area contributed by atoms with E-state index < -0.39 is 34.9 Å². The molecule has 10 atom stereocenters. The smallest absolute Gasteiger partial charge is 0.310 e. The third kappa shape index (κ3) is 3.78. The van der Waals surface area contributed by atoms with Crippen LogP contribution < -0.4 is 0 Å². The highest BCUT2D eigenvalue weighted by Gasteiger charge is 2.65. The second-order valence-electron chi connectivity index (χ2n) is 12.5. The van der Waals surface area contributed by atoms with Gasteiger partial charge in [-0.15, -0.1) is 0 Å². The summed E-state index contributed by atoms with van der Waals surface area (Å²) in [7, 11) is 0. The maximum absolute atomic E-state index is 13.9. The topological polar surface area (TPSA) is 112 Å². The summed E-state index contributed by atoms with van der Waals surface area (Å²) in [5.74, 6) is -1.84. The number of hydrogen-bond donors (Lipinski definition) is 3. The highest BCUT2D eigenvalue weighted by atomic mass is 16.4. The number of carboxylic acids is 1. The molecule has 0 aromatic heterocycles. The van der Waals surface area contributed by atoms with Gasteiger partial charge in [-0.2, -0.15) is 0 Å². The van der Waals surface area contributed by atoms with Crippen molar-refractivity contribution in [1.82, 2.24) is 0 Å². The lowest BCUT2D eigenvalue weighted by atomic mass is 9.47. The number of rotatable bonds is 6. The van der Waals surface area contributed by atoms with Crippen molar-refractivity contribution in [3.63, 3.8) is 0 Å². The summed E-state index contributed by atoms with van der Waals surface area (Å²) < 4.78 is 0. The van der Waals surface area contributed by atoms with Crippen molar-refractivity contribution >= 4 is 17.5 Å². The van der Waals surface area contributed by atoms with E-state index in [-0.39, 0.29) is 41.2 Å². The summed E-state index contributed by atoms with van der Waals surface area (Å²) in [4.78, 5) is 38.8. The number of carboxylic acid groups (broad SMARTS) is 1. The van der Waals surface area contributed by atoms with E-state index in [9.17, 15) is 29.7 Å². The zero-order chi connectivity index (χ0) is 26.0. The lowest BCUT2D eigenvalue weighted by Crippen LogP contribution is -2.58. The van der Waals surface area contributed by atoms with Crippen LogP contribution in [-0.4, -0.2) is 45.1 Å². The van der Waals surface area contributed by atoms with Gasteiger partial charge in [0.15, 0.2) is 11.6 Å². The number of hydrogen-bond acceptors (Lipinski definition) is 5. The average Bonchev–Trinajstić information content (AvgIpc) is 3.16. The molecule has 4 aliphatic rings. The van der Waals surface area contributed by atoms with Crippen LogP contribution in [0.4, 0.5) is 0 Å². The third-order valence-corrected chi connectivity index (χ3v) is 10.9. The van der Waals surface area contributed by atoms with Crippen molar-refractivity contribution in [3.05, 3.63) is 23.3 Å². The molecule has 0 spiro atoms. The number of aliphatic carboxylic acids is 1. The molecule has 35 heavy (non-hydrogen) atoms. The summed E-state index contributed by atoms with van der Waals surface area (Å²) in [6.07, 6.45) is 2.90. The van der Waals surface area contributed by atoms with Crippen molar-refractivity contribution < 1.29 is 29.7 Å². The minimum Gasteiger partial charge on any atom is -0.481 e. The van der Waals surface area contributed by atoms with Crippen molar-refractivity contribution in [2.75, 3.05) is 0 Å². The van der Waals surface area contributed by atoms with Gasteiger partial charge in [-0.3, -0.25) is 14.4 Å². The summed E-state index contributed by atoms with van der Waals surface area (Å²) >= 11 is 0. The molecule has 0 saturated heterocycles. The van der Waals surface area contributed by atoms with E-state index in [1.165, 1.54) is 0 Å². The Labute approximate surface area is 208 Å². The predicted octanol–water partition coefficient (Wildman–Crippen LogP) is 4.34. The van der Waals surface area contributed by atoms with Gasteiger partial charge in [-0.25, -0.2) is 0 Å². The minimum absolute atomic E-state index is 0.0249. The fraction of sp³-hybridized carbons (Fsp3) is 0.759. The normalized spacial score (nSPS) is 42.7. The fourth-order valence-corrected chi connectivity index (χ4v) is 8.40. The molecule has 0 heterocycles. The molecule has 3 N–H and O–H groups in total. The number of carbonyl (C=O) groups is 3. The Morgan fingerprint density at radius 2 is 1.80 bits per heavy atom. The molecule has 2 saturated carbocycles. The molecule has 194 valence electrons. The fourth-order valence-electron chi connectivity index (χ4n) is 8.40. The van der Waals surface area contributed by atoms with E-state index in [0.29, 0.717) is 42.4 Å². The molecule has 0 aromatic carbocycles. The molecular weight excluding hydrogens is 444 g/mol. The largest absolute Gasteiger partial charge is 0.481 e. The lowest BCUT2D eigenvalue weighted by molar-refractivity contribution is -0.145. The minimum atomic E-state index is -1.16. The number of carbonyl (C=O) groups excluding carboxylic acids is 2. The molecule has 4 rings (SSSR count). The Bertz CT molecular complexity index is 980. The lowest BCUT2D eigenvalue weighted by Gasteiger charge is -2.56. The summed E-state index contributed by atoms with van der Waals surface area (Å²) in [5, 5.41) is 31.3. The van der Waals surface area contributed by atoms with Crippen LogP contribution in [0.5, 0.6) is 0 Å². The van der Waals surface area contributed by atoms with Gasteiger partial charge < -0.3 is 15.3 Å². The standard InChI is InChI=1S/C29H42O6/c1-14(16(3)27(34)35)7-8-15(2)18-9-10-19-23-22(31)13-20-17(4)21(30)11-12-28(20,5)24(23)25(32)26(33)29(18,19)6/h15-21,26,30,33H,1,7-13H2,2-6H3,(H,34,35)/t15-,16?,17+,18-,19+,20?,21-,26+,28+,29-/m1/s1. The van der Waals surface area contributed by atoms with Gasteiger partial charge in [-0.1, -0.05) is 39.8 Å². The van der Waals surface area contributed by atoms with E-state index in [4.69, 9.17) is 0 Å². The van der Waals surface area contributed by atoms with E-state index in [1.807, 2.05) is 13.8 Å². The van der Waals surface area contributed by atoms with Gasteiger partial charge in [-0.05, 0) is 75.0 Å². The van der Waals surface area contributed by atoms with Gasteiger partial charge >= 0.3 is 5.97 Å². The van der Waals surface area contributed by atoms with Gasteiger partial charge in [0.05, 0.1) is 12.0 Å². The Kier molecular flexibility index (Phi) is 6.72. The second kappa shape index (κ2) is 8.95. The Balaban J connectivity index is 1.66. The number of ketones is 2. The zero-order valence-electron chi connectivity index (χ0n) is 21.8. The predicted molar refractivity (Wildman–Crippen MR) is 132 cm³/mol. The quantitative estimate of drug-likeness (QED) is 0.482. The number of aliphatic hydroxyl groups is 2. The van der Waals surface area contributed by atoms with Crippen molar-refractivity contribution in [2.45, 2.75) is 91.8 Å². The summed E-state index contributed by atoms with van der Waals surface area (Å²) in [6, 6.07) is 0. The number of Topliss-reactive ketones (excluding diaryl/α,β-unsaturated/α-hetero) is 2. The second-order valence-corrected chi connectivity index (χ2v) is 12.5. The van der Waals surface area contributed by atoms with Crippen molar-refractivity contribution in [3.8, 4) is 0 Å². The Hall–Kier alpha value is -1.79. The first-order valence-corrected chi connectivity index (χ1v) is 13.3. The zero-order valence-corrected chi connectivity index (χ0v) is 21.8. The van der Waals surface area contributed by atoms with Gasteiger partial charge in [0.2, 0.25) is 0 Å². The highest BCUT2D eigenvalue weighted by molar-refractivity contribution is 6.12. The third-order valence-electron chi connectivity index (χ3n) is 10.9. The van der Waals surface area contributed by atoms with Crippen LogP contribution in [0.1, 0.15) is 79.6 Å². The number of aliphatic hydroxyl groups excluding tert-OH is 2. The van der Waals surface area contributed by atoms with Gasteiger partial charge in [0, 0.05) is 28.4 Å². The molecule has 2 fully saturated rings. The van der Waals surface area contributed by atoms with Gasteiger partial charge in [0.25, 0.3) is 0 Å². The van der Waals surface area contributed by atoms with Crippen LogP contribution in [0.2, 0.25) is 0 Å². The Morgan fingerprint density at radius 3 is 2.43 bits per heavy atom. The molecule has 2 unspecified atom stereocenters. The monoisotopic (exact) mass is 486 g/mol. The molecule has 6 heteroatoms. The first-order valence-electron chi connectivity index (χ1n) is 13.3. The van der Waals surface area contributed by atoms with E-state index in [0.717, 1.165) is 19.3 Å². The van der Waals surface area contributed by atoms with E-state index >= 15 is 0 Å². The Morgan fingerprint density at radius 1 is 1.14 bits per heavy atom. The van der Waals surface area contributed by atoms with Crippen LogP contribution in [0.15, 0.2) is 23.3 Å². The molecular formula is C29H42O6. The van der Waals surface area contributed by atoms with Crippen molar-refractivity contribution in [1.29, 1.82) is 0 Å². The molecule has 0 aromatic rings. The van der Waals surface area contributed by atoms with Crippen molar-refractivity contribution in [2.24, 2.45) is 46.3 Å². The number of allylic oxidation sites excluding steroid dienone is 1. The van der Waals surface area contributed by atoms with Crippen LogP contribution in [0.25, 0.3) is 0 Å². The van der Waals surface area contributed by atoms with Crippen LogP contribution >= 0.6 is 0 Å². The maximum Gasteiger partial charge on any atom is 0.310 e. The molecule has 4 aliphatic carbocycles. The van der Waals surface area contributed by atoms with Gasteiger partial charge in [0.1, 0.15) is 6.10 Å². The molecule has 6 nitrogen and oxygen atoms in total. The van der Waals surface area contributed by atoms with Crippen LogP contribution in [0, 0.1) is 46.3 Å². The molecule has 0 aliphatic heterocycles. The van der Waals surface area contributed by atoms with Crippen LogP contribution in [0.3, 0.4) is 0 Å². The first-order chi connectivity index (χ1) is 16.3. The SMILES string of the molecule is C=C(CC[C@@H](C)[C@H]1CC[C@H]2C3=C(C(=O)[C@H](O)[C@]12C)[C@@]1(C)CC[C@@H](O)[C@@H](C)C1CC3=O)C(C)C(=O)O. The summed E-state index contributed by atoms with van der Waals surface area (Å²) in [5.41, 5.74) is 0.709. The number of fused-ring (bicyclic) bond motifs is 4.